The topological polar surface area (TPSA) is 96.2 Å². The molecule has 9 nitrogen and oxygen atoms in total. The smallest absolute Gasteiger partial charge is 0.329 e. The van der Waals surface area contributed by atoms with Gasteiger partial charge in [0, 0.05) is 46.7 Å². The Morgan fingerprint density at radius 1 is 1.12 bits per heavy atom. The molecule has 9 heteroatoms. The van der Waals surface area contributed by atoms with Crippen LogP contribution in [0.4, 0.5) is 0 Å². The minimum atomic E-state index is -0.467. The highest BCUT2D eigenvalue weighted by Gasteiger charge is 2.21. The number of fused-ring (bicyclic) bond motifs is 1. The zero-order valence-electron chi connectivity index (χ0n) is 14.9. The lowest BCUT2D eigenvalue weighted by Crippen LogP contribution is -2.34. The van der Waals surface area contributed by atoms with Gasteiger partial charge in [-0.25, -0.2) is 9.78 Å². The lowest BCUT2D eigenvalue weighted by Gasteiger charge is -2.21. The standard InChI is InChI=1S/C16H24N6O3/c1-4-12(23)22-7-5-6-21(8-9-22)10-11-17-14-13(19(11)2)15(24)18-16(25)20(14)3/h4-10H2,1-3H3,(H,18,24,25). The van der Waals surface area contributed by atoms with Gasteiger partial charge in [-0.1, -0.05) is 6.92 Å². The second kappa shape index (κ2) is 6.83. The van der Waals surface area contributed by atoms with E-state index in [4.69, 9.17) is 0 Å². The molecule has 0 radical (unpaired) electrons. The van der Waals surface area contributed by atoms with Crippen LogP contribution in [0.3, 0.4) is 0 Å². The molecule has 25 heavy (non-hydrogen) atoms. The van der Waals surface area contributed by atoms with E-state index in [2.05, 4.69) is 14.9 Å². The van der Waals surface area contributed by atoms with Crippen molar-refractivity contribution in [3.63, 3.8) is 0 Å². The summed E-state index contributed by atoms with van der Waals surface area (Å²) in [5.41, 5.74) is -0.0980. The maximum Gasteiger partial charge on any atom is 0.329 e. The van der Waals surface area contributed by atoms with Gasteiger partial charge >= 0.3 is 5.69 Å². The maximum absolute atomic E-state index is 12.1. The van der Waals surface area contributed by atoms with Gasteiger partial charge in [0.05, 0.1) is 6.54 Å². The van der Waals surface area contributed by atoms with Gasteiger partial charge < -0.3 is 9.47 Å². The molecule has 0 aliphatic carbocycles. The van der Waals surface area contributed by atoms with Crippen LogP contribution in [0, 0.1) is 0 Å². The second-order valence-corrected chi connectivity index (χ2v) is 6.44. The number of H-pyrrole nitrogens is 1. The Balaban J connectivity index is 1.84. The van der Waals surface area contributed by atoms with E-state index in [9.17, 15) is 14.4 Å². The van der Waals surface area contributed by atoms with Gasteiger partial charge in [0.1, 0.15) is 5.82 Å². The first-order chi connectivity index (χ1) is 11.9. The van der Waals surface area contributed by atoms with Gasteiger partial charge in [-0.15, -0.1) is 0 Å². The van der Waals surface area contributed by atoms with Crippen molar-refractivity contribution in [2.75, 3.05) is 26.2 Å². The molecule has 0 aromatic carbocycles. The van der Waals surface area contributed by atoms with Crippen LogP contribution >= 0.6 is 0 Å². The molecule has 2 aromatic rings. The predicted octanol–water partition coefficient (Wildman–Crippen LogP) is -0.595. The highest BCUT2D eigenvalue weighted by Crippen LogP contribution is 2.13. The van der Waals surface area contributed by atoms with Crippen LogP contribution in [0.2, 0.25) is 0 Å². The minimum absolute atomic E-state index is 0.186. The largest absolute Gasteiger partial charge is 0.341 e. The second-order valence-electron chi connectivity index (χ2n) is 6.44. The number of amides is 1. The number of carbonyl (C=O) groups is 1. The Morgan fingerprint density at radius 2 is 1.88 bits per heavy atom. The summed E-state index contributed by atoms with van der Waals surface area (Å²) in [4.78, 5) is 46.7. The molecular weight excluding hydrogens is 324 g/mol. The molecule has 2 aromatic heterocycles. The van der Waals surface area contributed by atoms with E-state index in [1.807, 2.05) is 11.8 Å². The van der Waals surface area contributed by atoms with Crippen molar-refractivity contribution in [1.29, 1.82) is 0 Å². The molecule has 0 saturated carbocycles. The highest BCUT2D eigenvalue weighted by molar-refractivity contribution is 5.75. The summed E-state index contributed by atoms with van der Waals surface area (Å²) < 4.78 is 3.10. The fraction of sp³-hybridized carbons (Fsp3) is 0.625. The Labute approximate surface area is 144 Å². The van der Waals surface area contributed by atoms with Crippen LogP contribution in [-0.2, 0) is 25.4 Å². The van der Waals surface area contributed by atoms with Crippen molar-refractivity contribution in [3.8, 4) is 0 Å². The number of aromatic amines is 1. The zero-order valence-corrected chi connectivity index (χ0v) is 14.9. The van der Waals surface area contributed by atoms with Crippen LogP contribution < -0.4 is 11.2 Å². The SMILES string of the molecule is CCC(=O)N1CCCN(Cc2nc3c(c(=O)[nH]c(=O)n3C)n2C)CC1. The number of aromatic nitrogens is 4. The summed E-state index contributed by atoms with van der Waals surface area (Å²) in [5, 5.41) is 0. The van der Waals surface area contributed by atoms with Gasteiger partial charge in [-0.3, -0.25) is 24.0 Å². The quantitative estimate of drug-likeness (QED) is 0.799. The highest BCUT2D eigenvalue weighted by atomic mass is 16.2. The van der Waals surface area contributed by atoms with Gasteiger partial charge in [-0.2, -0.15) is 0 Å². The Bertz CT molecular complexity index is 909. The van der Waals surface area contributed by atoms with E-state index < -0.39 is 11.2 Å². The molecule has 3 rings (SSSR count). The molecule has 136 valence electrons. The number of carbonyl (C=O) groups excluding carboxylic acids is 1. The van der Waals surface area contributed by atoms with Crippen LogP contribution in [0.15, 0.2) is 9.59 Å². The van der Waals surface area contributed by atoms with Gasteiger partial charge in [0.2, 0.25) is 5.91 Å². The van der Waals surface area contributed by atoms with E-state index in [1.165, 1.54) is 4.57 Å². The van der Waals surface area contributed by atoms with Crippen LogP contribution in [-0.4, -0.2) is 61.0 Å². The number of nitrogens with zero attached hydrogens (tertiary/aromatic N) is 5. The molecule has 1 saturated heterocycles. The van der Waals surface area contributed by atoms with Crippen LogP contribution in [0.5, 0.6) is 0 Å². The molecular formula is C16H24N6O3. The molecule has 1 N–H and O–H groups in total. The Kier molecular flexibility index (Phi) is 4.76. The number of hydrogen-bond donors (Lipinski definition) is 1. The summed E-state index contributed by atoms with van der Waals surface area (Å²) in [7, 11) is 3.38. The molecule has 0 spiro atoms. The number of imidazole rings is 1. The van der Waals surface area contributed by atoms with E-state index >= 15 is 0 Å². The van der Waals surface area contributed by atoms with Crippen molar-refractivity contribution in [1.82, 2.24) is 28.9 Å². The van der Waals surface area contributed by atoms with Crippen LogP contribution in [0.1, 0.15) is 25.6 Å². The average Bonchev–Trinajstić information content (AvgIpc) is 2.76. The van der Waals surface area contributed by atoms with Crippen molar-refractivity contribution in [3.05, 3.63) is 26.7 Å². The van der Waals surface area contributed by atoms with Gasteiger partial charge in [-0.05, 0) is 6.42 Å². The van der Waals surface area contributed by atoms with Crippen molar-refractivity contribution >= 4 is 17.1 Å². The van der Waals surface area contributed by atoms with Crippen LogP contribution in [0.25, 0.3) is 11.2 Å². The fourth-order valence-corrected chi connectivity index (χ4v) is 3.30. The molecule has 0 atom stereocenters. The summed E-state index contributed by atoms with van der Waals surface area (Å²) in [6, 6.07) is 0. The normalized spacial score (nSPS) is 16.4. The first-order valence-corrected chi connectivity index (χ1v) is 8.57. The third-order valence-electron chi connectivity index (χ3n) is 4.84. The third-order valence-corrected chi connectivity index (χ3v) is 4.84. The van der Waals surface area contributed by atoms with E-state index in [0.717, 1.165) is 31.9 Å². The summed E-state index contributed by atoms with van der Waals surface area (Å²) in [5.74, 6) is 0.920. The van der Waals surface area contributed by atoms with E-state index in [-0.39, 0.29) is 5.91 Å². The van der Waals surface area contributed by atoms with Crippen molar-refractivity contribution < 1.29 is 4.79 Å². The minimum Gasteiger partial charge on any atom is -0.341 e. The van der Waals surface area contributed by atoms with E-state index in [1.54, 1.807) is 18.7 Å². The molecule has 0 unspecified atom stereocenters. The lowest BCUT2D eigenvalue weighted by molar-refractivity contribution is -0.130. The van der Waals surface area contributed by atoms with Gasteiger partial charge in [0.25, 0.3) is 5.56 Å². The molecule has 1 fully saturated rings. The monoisotopic (exact) mass is 348 g/mol. The summed E-state index contributed by atoms with van der Waals surface area (Å²) in [6.07, 6.45) is 1.44. The molecule has 1 amide bonds. The molecule has 1 aliphatic rings. The number of rotatable bonds is 3. The third kappa shape index (κ3) is 3.23. The molecule has 3 heterocycles. The van der Waals surface area contributed by atoms with Crippen molar-refractivity contribution in [2.45, 2.75) is 26.3 Å². The summed E-state index contributed by atoms with van der Waals surface area (Å²) >= 11 is 0. The van der Waals surface area contributed by atoms with E-state index in [0.29, 0.717) is 30.7 Å². The Morgan fingerprint density at radius 3 is 2.60 bits per heavy atom. The zero-order chi connectivity index (χ0) is 18.1. The molecule has 0 bridgehead atoms. The van der Waals surface area contributed by atoms with Crippen molar-refractivity contribution in [2.24, 2.45) is 14.1 Å². The number of nitrogens with one attached hydrogen (secondary N) is 1. The maximum atomic E-state index is 12.1. The number of aryl methyl sites for hydroxylation is 2. The number of hydrogen-bond acceptors (Lipinski definition) is 5. The average molecular weight is 348 g/mol. The lowest BCUT2D eigenvalue weighted by atomic mass is 10.3. The van der Waals surface area contributed by atoms with Gasteiger partial charge in [0.15, 0.2) is 11.2 Å². The summed E-state index contributed by atoms with van der Waals surface area (Å²) in [6.45, 7) is 5.57. The first kappa shape index (κ1) is 17.4. The molecule has 1 aliphatic heterocycles. The fourth-order valence-electron chi connectivity index (χ4n) is 3.30. The predicted molar refractivity (Wildman–Crippen MR) is 93.3 cm³/mol. The first-order valence-electron chi connectivity index (χ1n) is 8.57. The Hall–Kier alpha value is -2.42.